The molecule has 0 aliphatic carbocycles. The summed E-state index contributed by atoms with van der Waals surface area (Å²) in [6, 6.07) is 0. The van der Waals surface area contributed by atoms with Crippen molar-refractivity contribution in [3.8, 4) is 0 Å². The molecule has 0 amide bonds. The molecule has 0 aromatic carbocycles. The van der Waals surface area contributed by atoms with Crippen LogP contribution in [-0.4, -0.2) is 18.5 Å². The summed E-state index contributed by atoms with van der Waals surface area (Å²) in [7, 11) is 0. The molecule has 0 aromatic rings. The molecular weight excluding hydrogens is 287 g/mol. The van der Waals surface area contributed by atoms with Crippen LogP contribution in [0.4, 0.5) is 14.4 Å². The van der Waals surface area contributed by atoms with Crippen LogP contribution in [0.3, 0.4) is 0 Å². The van der Waals surface area contributed by atoms with Crippen LogP contribution >= 0.6 is 0 Å². The normalized spacial score (nSPS) is 5.14. The molecule has 0 fully saturated rings. The van der Waals surface area contributed by atoms with Crippen LogP contribution in [0, 0.1) is 0 Å². The molecule has 0 atom stereocenters. The molecule has 79 valence electrons. The third-order valence-corrected chi connectivity index (χ3v) is 0. The first kappa shape index (κ1) is 29.2. The smallest absolute Gasteiger partial charge is 0.652 e. The molecule has 0 N–H and O–H groups in total. The van der Waals surface area contributed by atoms with Gasteiger partial charge in [0.25, 0.3) is 0 Å². The molecule has 14 heavy (non-hydrogen) atoms. The molecule has 0 saturated carbocycles. The molecule has 0 spiro atoms. The third-order valence-electron chi connectivity index (χ3n) is 0. The van der Waals surface area contributed by atoms with Gasteiger partial charge in [0.05, 0.1) is 0 Å². The van der Waals surface area contributed by atoms with Crippen molar-refractivity contribution in [2.75, 3.05) is 0 Å². The molecule has 0 rings (SSSR count). The molecule has 0 aliphatic rings. The van der Waals surface area contributed by atoms with E-state index in [0.29, 0.717) is 0 Å². The van der Waals surface area contributed by atoms with Crippen molar-refractivity contribution in [3.05, 3.63) is 0 Å². The van der Waals surface area contributed by atoms with Crippen molar-refractivity contribution in [1.82, 2.24) is 0 Å². The van der Waals surface area contributed by atoms with Gasteiger partial charge in [0, 0.05) is 0 Å². The number of rotatable bonds is 0. The SMILES string of the molecule is O=C([O-])[O-].O=C([O-])[O-].O=C([O-])[O-].[Co+2].[Ti+4]. The van der Waals surface area contributed by atoms with Crippen molar-refractivity contribution >= 4 is 18.5 Å². The minimum Gasteiger partial charge on any atom is -0.652 e. The molecule has 0 aromatic heterocycles. The third kappa shape index (κ3) is 1180. The fourth-order valence-electron chi connectivity index (χ4n) is 0. The van der Waals surface area contributed by atoms with Gasteiger partial charge in [-0.1, -0.05) is 0 Å². The Kier molecular flexibility index (Phi) is 47.4. The average molecular weight is 287 g/mol. The van der Waals surface area contributed by atoms with Gasteiger partial charge in [-0.25, -0.2) is 0 Å². The Bertz CT molecular complexity index is 118. The van der Waals surface area contributed by atoms with Crippen LogP contribution in [-0.2, 0) is 38.5 Å². The minimum absolute atomic E-state index is 0. The van der Waals surface area contributed by atoms with E-state index in [2.05, 4.69) is 0 Å². The van der Waals surface area contributed by atoms with E-state index in [1.807, 2.05) is 0 Å². The zero-order chi connectivity index (χ0) is 10.7. The van der Waals surface area contributed by atoms with Crippen LogP contribution in [0.15, 0.2) is 0 Å². The maximum absolute atomic E-state index is 8.33. The Hall–Kier alpha value is -0.969. The van der Waals surface area contributed by atoms with Crippen LogP contribution < -0.4 is 30.6 Å². The maximum atomic E-state index is 8.33. The van der Waals surface area contributed by atoms with Crippen LogP contribution in [0.25, 0.3) is 0 Å². The minimum atomic E-state index is -2.33. The largest absolute Gasteiger partial charge is 4.00 e. The summed E-state index contributed by atoms with van der Waals surface area (Å²) >= 11 is 0. The van der Waals surface area contributed by atoms with Crippen LogP contribution in [0.2, 0.25) is 0 Å². The van der Waals surface area contributed by atoms with Gasteiger partial charge in [-0.15, -0.1) is 0 Å². The van der Waals surface area contributed by atoms with E-state index in [-0.39, 0.29) is 38.5 Å². The van der Waals surface area contributed by atoms with Gasteiger partial charge in [0.15, 0.2) is 0 Å². The van der Waals surface area contributed by atoms with Gasteiger partial charge >= 0.3 is 38.5 Å². The fourth-order valence-corrected chi connectivity index (χ4v) is 0. The van der Waals surface area contributed by atoms with E-state index in [4.69, 9.17) is 45.0 Å². The van der Waals surface area contributed by atoms with E-state index in [1.165, 1.54) is 0 Å². The standard InChI is InChI=1S/3CH2O3.Co.Ti/c3*2-1(3)4;;/h3*(H2,2,3,4);;/q;;;+2;+4/p-6. The number of carbonyl (C=O) groups excluding carboxylic acids is 3. The second-order valence-corrected chi connectivity index (χ2v) is 0.750. The summed E-state index contributed by atoms with van der Waals surface area (Å²) in [5.41, 5.74) is 0. The van der Waals surface area contributed by atoms with E-state index in [9.17, 15) is 0 Å². The molecule has 11 heteroatoms. The first-order chi connectivity index (χ1) is 5.20. The van der Waals surface area contributed by atoms with Crippen molar-refractivity contribution in [2.24, 2.45) is 0 Å². The molecule has 0 unspecified atom stereocenters. The van der Waals surface area contributed by atoms with Gasteiger partial charge in [0.2, 0.25) is 0 Å². The number of carbonyl (C=O) groups is 3. The van der Waals surface area contributed by atoms with Gasteiger partial charge in [-0.05, 0) is 18.5 Å². The Balaban J connectivity index is -0.0000000270. The van der Waals surface area contributed by atoms with Crippen molar-refractivity contribution < 1.29 is 83.5 Å². The molecular formula is C3CoO9Ti. The predicted molar refractivity (Wildman–Crippen MR) is 16.2 cm³/mol. The Morgan fingerprint density at radius 1 is 0.571 bits per heavy atom. The van der Waals surface area contributed by atoms with Gasteiger partial charge < -0.3 is 45.0 Å². The van der Waals surface area contributed by atoms with Crippen molar-refractivity contribution in [3.63, 3.8) is 0 Å². The zero-order valence-corrected chi connectivity index (χ0v) is 8.61. The number of hydrogen-bond acceptors (Lipinski definition) is 9. The number of hydrogen-bond donors (Lipinski definition) is 0. The summed E-state index contributed by atoms with van der Waals surface area (Å²) in [5, 5.41) is 50.0. The van der Waals surface area contributed by atoms with Gasteiger partial charge in [-0.2, -0.15) is 0 Å². The molecule has 0 aliphatic heterocycles. The predicted octanol–water partition coefficient (Wildman–Crippen LogP) is -7.35. The Labute approximate surface area is 102 Å². The molecule has 9 nitrogen and oxygen atoms in total. The zero-order valence-electron chi connectivity index (χ0n) is 6.01. The van der Waals surface area contributed by atoms with Crippen molar-refractivity contribution in [1.29, 1.82) is 0 Å². The van der Waals surface area contributed by atoms with E-state index in [0.717, 1.165) is 0 Å². The molecule has 0 bridgehead atoms. The summed E-state index contributed by atoms with van der Waals surface area (Å²) < 4.78 is 0. The molecule has 0 saturated heterocycles. The van der Waals surface area contributed by atoms with Crippen LogP contribution in [0.5, 0.6) is 0 Å². The quantitative estimate of drug-likeness (QED) is 0.389. The second kappa shape index (κ2) is 22.7. The molecule has 0 heterocycles. The summed E-state index contributed by atoms with van der Waals surface area (Å²) in [6.07, 6.45) is -7.00. The van der Waals surface area contributed by atoms with Crippen molar-refractivity contribution in [2.45, 2.75) is 0 Å². The number of carboxylic acid groups (broad SMARTS) is 6. The van der Waals surface area contributed by atoms with E-state index < -0.39 is 18.5 Å². The van der Waals surface area contributed by atoms with Gasteiger partial charge in [-0.3, -0.25) is 0 Å². The summed E-state index contributed by atoms with van der Waals surface area (Å²) in [4.78, 5) is 25.0. The topological polar surface area (TPSA) is 190 Å². The monoisotopic (exact) mass is 287 g/mol. The van der Waals surface area contributed by atoms with E-state index >= 15 is 0 Å². The van der Waals surface area contributed by atoms with Gasteiger partial charge in [0.1, 0.15) is 0 Å². The average Bonchev–Trinajstić information content (AvgIpc) is 1.54. The Morgan fingerprint density at radius 2 is 0.571 bits per heavy atom. The summed E-state index contributed by atoms with van der Waals surface area (Å²) in [5.74, 6) is 0. The second-order valence-electron chi connectivity index (χ2n) is 0.750. The fraction of sp³-hybridized carbons (Fsp3) is 0. The van der Waals surface area contributed by atoms with E-state index in [1.54, 1.807) is 0 Å². The Morgan fingerprint density at radius 3 is 0.571 bits per heavy atom. The first-order valence-corrected chi connectivity index (χ1v) is 1.84. The maximum Gasteiger partial charge on any atom is 4.00 e. The first-order valence-electron chi connectivity index (χ1n) is 1.84. The summed E-state index contributed by atoms with van der Waals surface area (Å²) in [6.45, 7) is 0. The van der Waals surface area contributed by atoms with Crippen LogP contribution in [0.1, 0.15) is 0 Å². The molecule has 1 radical (unpaired) electrons.